The summed E-state index contributed by atoms with van der Waals surface area (Å²) < 4.78 is 0. The third-order valence-corrected chi connectivity index (χ3v) is 4.54. The van der Waals surface area contributed by atoms with Gasteiger partial charge in [-0.25, -0.2) is 4.79 Å². The molecule has 0 bridgehead atoms. The fourth-order valence-corrected chi connectivity index (χ4v) is 3.31. The quantitative estimate of drug-likeness (QED) is 0.534. The molecule has 0 spiro atoms. The molecule has 1 heterocycles. The number of carbonyl (C=O) groups excluding carboxylic acids is 2. The van der Waals surface area contributed by atoms with E-state index in [0.717, 1.165) is 11.8 Å². The topological polar surface area (TPSA) is 83.5 Å². The van der Waals surface area contributed by atoms with Crippen molar-refractivity contribution in [3.63, 3.8) is 0 Å². The van der Waals surface area contributed by atoms with E-state index < -0.39 is 5.97 Å². The summed E-state index contributed by atoms with van der Waals surface area (Å²) in [6.45, 7) is 0. The van der Waals surface area contributed by atoms with Crippen LogP contribution in [-0.2, 0) is 9.59 Å². The van der Waals surface area contributed by atoms with Gasteiger partial charge >= 0.3 is 5.97 Å². The molecule has 0 atom stereocenters. The van der Waals surface area contributed by atoms with Crippen molar-refractivity contribution in [2.75, 3.05) is 5.32 Å². The minimum absolute atomic E-state index is 0.0727. The zero-order valence-electron chi connectivity index (χ0n) is 12.8. The Morgan fingerprint density at radius 1 is 1.21 bits per heavy atom. The first kappa shape index (κ1) is 18.2. The number of rotatable bonds is 8. The third-order valence-electron chi connectivity index (χ3n) is 3.39. The lowest BCUT2D eigenvalue weighted by Crippen LogP contribution is -2.13. The van der Waals surface area contributed by atoms with Crippen LogP contribution >= 0.6 is 22.9 Å². The molecule has 2 aromatic rings. The van der Waals surface area contributed by atoms with Crippen molar-refractivity contribution in [1.82, 2.24) is 0 Å². The van der Waals surface area contributed by atoms with Crippen molar-refractivity contribution in [3.8, 4) is 11.1 Å². The van der Waals surface area contributed by atoms with Crippen molar-refractivity contribution >= 4 is 46.1 Å². The van der Waals surface area contributed by atoms with Crippen molar-refractivity contribution in [2.45, 2.75) is 25.7 Å². The number of amides is 1. The number of carboxylic acids is 1. The fraction of sp³-hybridized carbons (Fsp3) is 0.235. The zero-order valence-corrected chi connectivity index (χ0v) is 14.3. The van der Waals surface area contributed by atoms with Gasteiger partial charge in [-0.15, -0.1) is 11.3 Å². The van der Waals surface area contributed by atoms with E-state index in [2.05, 4.69) is 5.32 Å². The predicted octanol–water partition coefficient (Wildman–Crippen LogP) is 4.46. The average Bonchev–Trinajstić information content (AvgIpc) is 2.96. The molecule has 1 aromatic carbocycles. The van der Waals surface area contributed by atoms with Crippen molar-refractivity contribution in [2.24, 2.45) is 0 Å². The Morgan fingerprint density at radius 2 is 1.92 bits per heavy atom. The minimum Gasteiger partial charge on any atom is -0.478 e. The summed E-state index contributed by atoms with van der Waals surface area (Å²) in [4.78, 5) is 33.8. The lowest BCUT2D eigenvalue weighted by molar-refractivity contribution is -0.116. The first-order valence-electron chi connectivity index (χ1n) is 7.37. The highest BCUT2D eigenvalue weighted by molar-refractivity contribution is 7.15. The molecule has 0 saturated carbocycles. The molecule has 0 aliphatic carbocycles. The Hall–Kier alpha value is -2.18. The van der Waals surface area contributed by atoms with Crippen LogP contribution in [-0.4, -0.2) is 23.3 Å². The van der Waals surface area contributed by atoms with Gasteiger partial charge in [-0.05, 0) is 30.5 Å². The standard InChI is InChI=1S/C17H16ClNO4S/c18-12-7-5-11(6-8-12)13-10-24-16(15(13)17(22)23)19-14(21)4-2-1-3-9-20/h5-10H,1-4H2,(H,19,21)(H,22,23). The molecule has 2 N–H and O–H groups in total. The van der Waals surface area contributed by atoms with Crippen molar-refractivity contribution in [3.05, 3.63) is 40.2 Å². The van der Waals surface area contributed by atoms with E-state index in [1.807, 2.05) is 0 Å². The third kappa shape index (κ3) is 4.66. The minimum atomic E-state index is -1.10. The van der Waals surface area contributed by atoms with Gasteiger partial charge in [-0.1, -0.05) is 23.7 Å². The number of anilines is 1. The van der Waals surface area contributed by atoms with E-state index in [-0.39, 0.29) is 17.9 Å². The van der Waals surface area contributed by atoms with Crippen LogP contribution in [0.15, 0.2) is 29.6 Å². The molecule has 7 heteroatoms. The van der Waals surface area contributed by atoms with Gasteiger partial charge in [0.1, 0.15) is 16.9 Å². The Bertz CT molecular complexity index is 740. The number of carboxylic acid groups (broad SMARTS) is 1. The van der Waals surface area contributed by atoms with Crippen LogP contribution in [0.25, 0.3) is 11.1 Å². The van der Waals surface area contributed by atoms with Gasteiger partial charge in [0, 0.05) is 28.8 Å². The summed E-state index contributed by atoms with van der Waals surface area (Å²) in [7, 11) is 0. The number of hydrogen-bond acceptors (Lipinski definition) is 4. The number of nitrogens with one attached hydrogen (secondary N) is 1. The maximum absolute atomic E-state index is 11.9. The number of aromatic carboxylic acids is 1. The number of carbonyl (C=O) groups is 3. The number of hydrogen-bond donors (Lipinski definition) is 2. The molecule has 24 heavy (non-hydrogen) atoms. The smallest absolute Gasteiger partial charge is 0.339 e. The molecule has 0 saturated heterocycles. The summed E-state index contributed by atoms with van der Waals surface area (Å²) in [6, 6.07) is 6.85. The summed E-state index contributed by atoms with van der Waals surface area (Å²) >= 11 is 7.03. The first-order valence-corrected chi connectivity index (χ1v) is 8.63. The van der Waals surface area contributed by atoms with Crippen LogP contribution in [0.2, 0.25) is 5.02 Å². The number of unbranched alkanes of at least 4 members (excludes halogenated alkanes) is 2. The molecule has 0 aliphatic rings. The second kappa shape index (κ2) is 8.61. The van der Waals surface area contributed by atoms with E-state index in [4.69, 9.17) is 11.6 Å². The molecular formula is C17H16ClNO4S. The Morgan fingerprint density at radius 3 is 2.54 bits per heavy atom. The molecular weight excluding hydrogens is 350 g/mol. The van der Waals surface area contributed by atoms with E-state index in [9.17, 15) is 19.5 Å². The molecule has 2 rings (SSSR count). The average molecular weight is 366 g/mol. The Labute approximate surface area is 148 Å². The van der Waals surface area contributed by atoms with E-state index in [1.165, 1.54) is 11.3 Å². The second-order valence-corrected chi connectivity index (χ2v) is 6.44. The largest absolute Gasteiger partial charge is 0.478 e. The van der Waals surface area contributed by atoms with Crippen LogP contribution < -0.4 is 5.32 Å². The molecule has 0 unspecified atom stereocenters. The maximum Gasteiger partial charge on any atom is 0.339 e. The number of halogens is 1. The molecule has 126 valence electrons. The van der Waals surface area contributed by atoms with E-state index >= 15 is 0 Å². The summed E-state index contributed by atoms with van der Waals surface area (Å²) in [5, 5.41) is 14.7. The van der Waals surface area contributed by atoms with Crippen LogP contribution in [0.4, 0.5) is 5.00 Å². The molecule has 0 radical (unpaired) electrons. The Kier molecular flexibility index (Phi) is 6.52. The highest BCUT2D eigenvalue weighted by atomic mass is 35.5. The van der Waals surface area contributed by atoms with Gasteiger partial charge in [0.25, 0.3) is 0 Å². The maximum atomic E-state index is 11.9. The van der Waals surface area contributed by atoms with Crippen LogP contribution in [0.3, 0.4) is 0 Å². The van der Waals surface area contributed by atoms with Gasteiger partial charge in [0.15, 0.2) is 0 Å². The summed E-state index contributed by atoms with van der Waals surface area (Å²) in [5.74, 6) is -1.36. The van der Waals surface area contributed by atoms with Gasteiger partial charge in [0.05, 0.1) is 0 Å². The normalized spacial score (nSPS) is 10.4. The lowest BCUT2D eigenvalue weighted by atomic mass is 10.0. The molecule has 0 aliphatic heterocycles. The number of thiophene rings is 1. The van der Waals surface area contributed by atoms with Crippen molar-refractivity contribution < 1.29 is 19.5 Å². The van der Waals surface area contributed by atoms with Gasteiger partial charge in [-0.3, -0.25) is 4.79 Å². The molecule has 0 fully saturated rings. The molecule has 1 aromatic heterocycles. The monoisotopic (exact) mass is 365 g/mol. The summed E-state index contributed by atoms with van der Waals surface area (Å²) in [5.41, 5.74) is 1.34. The van der Waals surface area contributed by atoms with Crippen LogP contribution in [0, 0.1) is 0 Å². The lowest BCUT2D eigenvalue weighted by Gasteiger charge is -2.06. The highest BCUT2D eigenvalue weighted by Gasteiger charge is 2.20. The highest BCUT2D eigenvalue weighted by Crippen LogP contribution is 2.36. The van der Waals surface area contributed by atoms with Gasteiger partial charge < -0.3 is 15.2 Å². The molecule has 5 nitrogen and oxygen atoms in total. The van der Waals surface area contributed by atoms with Crippen LogP contribution in [0.1, 0.15) is 36.0 Å². The van der Waals surface area contributed by atoms with Crippen molar-refractivity contribution in [1.29, 1.82) is 0 Å². The van der Waals surface area contributed by atoms with E-state index in [1.54, 1.807) is 29.6 Å². The van der Waals surface area contributed by atoms with Gasteiger partial charge in [0.2, 0.25) is 5.91 Å². The zero-order chi connectivity index (χ0) is 17.5. The first-order chi connectivity index (χ1) is 11.5. The fourth-order valence-electron chi connectivity index (χ4n) is 2.21. The summed E-state index contributed by atoms with van der Waals surface area (Å²) in [6.07, 6.45) is 2.72. The Balaban J connectivity index is 2.16. The number of benzene rings is 1. The van der Waals surface area contributed by atoms with E-state index in [0.29, 0.717) is 34.8 Å². The van der Waals surface area contributed by atoms with Gasteiger partial charge in [-0.2, -0.15) is 0 Å². The number of aldehydes is 1. The van der Waals surface area contributed by atoms with Crippen LogP contribution in [0.5, 0.6) is 0 Å². The second-order valence-electron chi connectivity index (χ2n) is 5.13. The SMILES string of the molecule is O=CCCCCC(=O)Nc1scc(-c2ccc(Cl)cc2)c1C(=O)O. The predicted molar refractivity (Wildman–Crippen MR) is 94.9 cm³/mol. The molecule has 1 amide bonds.